The maximum Gasteiger partial charge on any atom is 0.331 e. The van der Waals surface area contributed by atoms with Crippen molar-refractivity contribution in [2.75, 3.05) is 0 Å². The van der Waals surface area contributed by atoms with Crippen molar-refractivity contribution in [2.24, 2.45) is 5.41 Å². The third-order valence-corrected chi connectivity index (χ3v) is 7.05. The second kappa shape index (κ2) is 8.27. The molecule has 2 aromatic carbocycles. The van der Waals surface area contributed by atoms with Crippen molar-refractivity contribution < 1.29 is 5.11 Å². The second-order valence-corrected chi connectivity index (χ2v) is 10.7. The summed E-state index contributed by atoms with van der Waals surface area (Å²) in [5.74, 6) is -0.701. The van der Waals surface area contributed by atoms with Gasteiger partial charge < -0.3 is 5.11 Å². The summed E-state index contributed by atoms with van der Waals surface area (Å²) in [5.41, 5.74) is 0.323. The van der Waals surface area contributed by atoms with E-state index in [-0.39, 0.29) is 17.0 Å². The Balaban J connectivity index is 2.14. The van der Waals surface area contributed by atoms with E-state index < -0.39 is 17.4 Å². The van der Waals surface area contributed by atoms with Gasteiger partial charge in [-0.1, -0.05) is 68.2 Å². The van der Waals surface area contributed by atoms with Gasteiger partial charge in [0.2, 0.25) is 5.88 Å². The Kier molecular flexibility index (Phi) is 5.88. The molecular formula is C26H27Cl2N3O2. The van der Waals surface area contributed by atoms with Gasteiger partial charge in [0.05, 0.1) is 23.7 Å². The lowest BCUT2D eigenvalue weighted by atomic mass is 9.63. The van der Waals surface area contributed by atoms with Crippen LogP contribution in [-0.2, 0) is 12.0 Å². The smallest absolute Gasteiger partial charge is 0.331 e. The molecule has 2 heterocycles. The van der Waals surface area contributed by atoms with E-state index in [1.807, 2.05) is 37.3 Å². The minimum atomic E-state index is -1.15. The largest absolute Gasteiger partial charge is 0.493 e. The zero-order valence-electron chi connectivity index (χ0n) is 19.1. The number of rotatable bonds is 4. The molecule has 3 atom stereocenters. The van der Waals surface area contributed by atoms with Crippen molar-refractivity contribution in [1.29, 1.82) is 5.26 Å². The van der Waals surface area contributed by atoms with Crippen LogP contribution in [0.1, 0.15) is 62.9 Å². The van der Waals surface area contributed by atoms with Gasteiger partial charge in [-0.25, -0.2) is 4.79 Å². The summed E-state index contributed by atoms with van der Waals surface area (Å²) >= 11 is 12.5. The van der Waals surface area contributed by atoms with Crippen LogP contribution in [0.25, 0.3) is 0 Å². The van der Waals surface area contributed by atoms with Crippen LogP contribution in [0.4, 0.5) is 0 Å². The first-order valence-corrected chi connectivity index (χ1v) is 11.8. The van der Waals surface area contributed by atoms with Gasteiger partial charge >= 0.3 is 5.69 Å². The molecule has 0 bridgehead atoms. The highest BCUT2D eigenvalue weighted by Crippen LogP contribution is 2.59. The van der Waals surface area contributed by atoms with E-state index in [1.54, 1.807) is 22.8 Å². The molecule has 0 aliphatic carbocycles. The first-order valence-electron chi connectivity index (χ1n) is 11.0. The lowest BCUT2D eigenvalue weighted by Crippen LogP contribution is -2.40. The average molecular weight is 484 g/mol. The summed E-state index contributed by atoms with van der Waals surface area (Å²) in [7, 11) is 0. The van der Waals surface area contributed by atoms with Crippen LogP contribution >= 0.6 is 23.2 Å². The Morgan fingerprint density at radius 2 is 1.79 bits per heavy atom. The van der Waals surface area contributed by atoms with Crippen LogP contribution in [0.2, 0.25) is 10.0 Å². The van der Waals surface area contributed by atoms with Crippen molar-refractivity contribution in [3.8, 4) is 11.9 Å². The Hall–Kier alpha value is -2.68. The normalized spacial score (nSPS) is 22.2. The van der Waals surface area contributed by atoms with Gasteiger partial charge in [-0.05, 0) is 54.2 Å². The predicted molar refractivity (Wildman–Crippen MR) is 131 cm³/mol. The van der Waals surface area contributed by atoms with Gasteiger partial charge in [0, 0.05) is 16.6 Å². The number of hydrogen-bond acceptors (Lipinski definition) is 3. The Morgan fingerprint density at radius 3 is 2.33 bits per heavy atom. The Labute approximate surface area is 203 Å². The van der Waals surface area contributed by atoms with Crippen LogP contribution in [0.15, 0.2) is 53.3 Å². The minimum Gasteiger partial charge on any atom is -0.493 e. The minimum absolute atomic E-state index is 0.0996. The summed E-state index contributed by atoms with van der Waals surface area (Å²) in [5, 5.41) is 23.2. The first kappa shape index (κ1) is 23.5. The highest BCUT2D eigenvalue weighted by atomic mass is 35.5. The molecule has 7 heteroatoms. The average Bonchev–Trinajstić information content (AvgIpc) is 3.17. The lowest BCUT2D eigenvalue weighted by molar-refractivity contribution is 0.239. The van der Waals surface area contributed by atoms with E-state index in [4.69, 9.17) is 23.2 Å². The van der Waals surface area contributed by atoms with Crippen LogP contribution in [0, 0.1) is 16.7 Å². The molecule has 0 unspecified atom stereocenters. The Bertz CT molecular complexity index is 1300. The molecule has 5 nitrogen and oxygen atoms in total. The van der Waals surface area contributed by atoms with Gasteiger partial charge in [0.15, 0.2) is 0 Å². The van der Waals surface area contributed by atoms with Gasteiger partial charge in [0.1, 0.15) is 5.41 Å². The summed E-state index contributed by atoms with van der Waals surface area (Å²) in [6, 6.07) is 16.6. The number of imidazole rings is 1. The number of aromatic nitrogens is 2. The maximum atomic E-state index is 13.6. The molecule has 0 radical (unpaired) electrons. The second-order valence-electron chi connectivity index (χ2n) is 9.86. The van der Waals surface area contributed by atoms with Gasteiger partial charge in [0.25, 0.3) is 0 Å². The number of fused-ring (bicyclic) bond motifs is 1. The van der Waals surface area contributed by atoms with Crippen LogP contribution in [0.3, 0.4) is 0 Å². The number of benzene rings is 2. The molecule has 172 valence electrons. The van der Waals surface area contributed by atoms with Crippen molar-refractivity contribution >= 4 is 23.2 Å². The molecule has 1 aliphatic heterocycles. The van der Waals surface area contributed by atoms with Crippen LogP contribution in [0.5, 0.6) is 5.88 Å². The summed E-state index contributed by atoms with van der Waals surface area (Å²) in [6.45, 7) is 8.41. The molecule has 1 aliphatic rings. The topological polar surface area (TPSA) is 70.9 Å². The quantitative estimate of drug-likeness (QED) is 0.475. The van der Waals surface area contributed by atoms with Gasteiger partial charge in [-0.15, -0.1) is 0 Å². The SMILES string of the molecule is CCn1c(O)c2n(c1=O)[C@@H](CC(C)(C)C)[C@](C#N)(c1ccc(Cl)cc1)[C@H]2c1cccc(Cl)c1. The third kappa shape index (κ3) is 3.66. The van der Waals surface area contributed by atoms with Crippen molar-refractivity contribution in [3.63, 3.8) is 0 Å². The maximum absolute atomic E-state index is 13.6. The molecule has 1 N–H and O–H groups in total. The number of hydrogen-bond donors (Lipinski definition) is 1. The van der Waals surface area contributed by atoms with Crippen molar-refractivity contribution in [1.82, 2.24) is 9.13 Å². The fraction of sp³-hybridized carbons (Fsp3) is 0.385. The zero-order chi connectivity index (χ0) is 24.1. The molecule has 0 saturated carbocycles. The number of halogens is 2. The van der Waals surface area contributed by atoms with Crippen LogP contribution < -0.4 is 5.69 Å². The number of nitrogens with zero attached hydrogens (tertiary/aromatic N) is 3. The lowest BCUT2D eigenvalue weighted by Gasteiger charge is -2.37. The molecule has 0 spiro atoms. The highest BCUT2D eigenvalue weighted by Gasteiger charge is 2.59. The molecule has 33 heavy (non-hydrogen) atoms. The number of aromatic hydroxyl groups is 1. The summed E-state index contributed by atoms with van der Waals surface area (Å²) < 4.78 is 3.01. The fourth-order valence-corrected chi connectivity index (χ4v) is 5.59. The molecule has 1 aromatic heterocycles. The monoisotopic (exact) mass is 483 g/mol. The number of nitriles is 1. The molecular weight excluding hydrogens is 457 g/mol. The van der Waals surface area contributed by atoms with E-state index in [9.17, 15) is 15.2 Å². The van der Waals surface area contributed by atoms with Gasteiger partial charge in [-0.2, -0.15) is 5.26 Å². The van der Waals surface area contributed by atoms with E-state index in [1.165, 1.54) is 4.57 Å². The summed E-state index contributed by atoms with van der Waals surface area (Å²) in [4.78, 5) is 13.6. The van der Waals surface area contributed by atoms with E-state index in [2.05, 4.69) is 26.8 Å². The predicted octanol–water partition coefficient (Wildman–Crippen LogP) is 6.27. The molecule has 0 fully saturated rings. The highest BCUT2D eigenvalue weighted by molar-refractivity contribution is 6.30. The molecule has 3 aromatic rings. The zero-order valence-corrected chi connectivity index (χ0v) is 20.7. The van der Waals surface area contributed by atoms with Crippen LogP contribution in [-0.4, -0.2) is 14.2 Å². The van der Waals surface area contributed by atoms with Crippen molar-refractivity contribution in [3.05, 3.63) is 85.9 Å². The first-order chi connectivity index (χ1) is 15.5. The summed E-state index contributed by atoms with van der Waals surface area (Å²) in [6.07, 6.45) is 0.556. The molecule has 4 rings (SSSR count). The third-order valence-electron chi connectivity index (χ3n) is 6.56. The van der Waals surface area contributed by atoms with Gasteiger partial charge in [-0.3, -0.25) is 9.13 Å². The molecule has 0 saturated heterocycles. The van der Waals surface area contributed by atoms with E-state index in [0.717, 1.165) is 11.1 Å². The Morgan fingerprint density at radius 1 is 1.12 bits per heavy atom. The standard InChI is InChI=1S/C26H27Cl2N3O2/c1-5-30-23(32)22-21(16-7-6-8-19(28)13-16)26(15-29,17-9-11-18(27)12-10-17)20(14-25(2,3)4)31(22)24(30)33/h6-13,20-21,32H,5,14H2,1-4H3/t20-,21-,26-/m0/s1. The molecule has 0 amide bonds. The van der Waals surface area contributed by atoms with E-state index >= 15 is 0 Å². The van der Waals surface area contributed by atoms with Crippen molar-refractivity contribution in [2.45, 2.75) is 58.0 Å². The van der Waals surface area contributed by atoms with E-state index in [0.29, 0.717) is 28.7 Å². The fourth-order valence-electron chi connectivity index (χ4n) is 5.26.